The normalized spacial score (nSPS) is 10.3. The number of halogens is 2. The molecule has 27 heavy (non-hydrogen) atoms. The Hall–Kier alpha value is -2.44. The van der Waals surface area contributed by atoms with Gasteiger partial charge in [-0.1, -0.05) is 35.3 Å². The Morgan fingerprint density at radius 2 is 1.85 bits per heavy atom. The van der Waals surface area contributed by atoms with Crippen molar-refractivity contribution in [1.29, 1.82) is 0 Å². The highest BCUT2D eigenvalue weighted by Crippen LogP contribution is 2.36. The first-order chi connectivity index (χ1) is 12.9. The number of hydrogen-bond donors (Lipinski definition) is 1. The smallest absolute Gasteiger partial charge is 0.254 e. The van der Waals surface area contributed by atoms with E-state index in [9.17, 15) is 9.59 Å². The van der Waals surface area contributed by atoms with E-state index in [0.717, 1.165) is 0 Å². The summed E-state index contributed by atoms with van der Waals surface area (Å²) in [6.45, 7) is 2.07. The predicted molar refractivity (Wildman–Crippen MR) is 106 cm³/mol. The van der Waals surface area contributed by atoms with Gasteiger partial charge in [0.1, 0.15) is 0 Å². The summed E-state index contributed by atoms with van der Waals surface area (Å²) in [7, 11) is 2.98. The van der Waals surface area contributed by atoms with Crippen LogP contribution in [0.5, 0.6) is 11.5 Å². The third-order valence-electron chi connectivity index (χ3n) is 3.64. The number of amides is 2. The van der Waals surface area contributed by atoms with Crippen molar-refractivity contribution in [3.05, 3.63) is 52.0 Å². The summed E-state index contributed by atoms with van der Waals surface area (Å²) < 4.78 is 10.7. The van der Waals surface area contributed by atoms with Gasteiger partial charge in [0.2, 0.25) is 5.91 Å². The molecule has 0 aliphatic heterocycles. The lowest BCUT2D eigenvalue weighted by Gasteiger charge is -2.19. The summed E-state index contributed by atoms with van der Waals surface area (Å²) in [5.41, 5.74) is 0.768. The summed E-state index contributed by atoms with van der Waals surface area (Å²) in [6, 6.07) is 9.88. The van der Waals surface area contributed by atoms with Crippen molar-refractivity contribution in [3.63, 3.8) is 0 Å². The Labute approximate surface area is 168 Å². The fourth-order valence-corrected chi connectivity index (χ4v) is 2.84. The first-order valence-corrected chi connectivity index (χ1v) is 8.93. The van der Waals surface area contributed by atoms with Crippen LogP contribution in [0, 0.1) is 0 Å². The highest BCUT2D eigenvalue weighted by atomic mass is 35.5. The summed E-state index contributed by atoms with van der Waals surface area (Å²) in [6.07, 6.45) is 0. The molecule has 0 unspecified atom stereocenters. The maximum absolute atomic E-state index is 12.7. The van der Waals surface area contributed by atoms with Crippen LogP contribution in [0.25, 0.3) is 0 Å². The number of rotatable bonds is 7. The average Bonchev–Trinajstić information content (AvgIpc) is 2.64. The van der Waals surface area contributed by atoms with Crippen molar-refractivity contribution in [1.82, 2.24) is 4.90 Å². The van der Waals surface area contributed by atoms with Crippen molar-refractivity contribution in [2.24, 2.45) is 0 Å². The summed E-state index contributed by atoms with van der Waals surface area (Å²) in [5.74, 6) is -0.0329. The molecule has 0 bridgehead atoms. The quantitative estimate of drug-likeness (QED) is 0.745. The van der Waals surface area contributed by atoms with E-state index in [1.54, 1.807) is 24.3 Å². The zero-order valence-electron chi connectivity index (χ0n) is 15.2. The van der Waals surface area contributed by atoms with Gasteiger partial charge in [0, 0.05) is 12.6 Å². The number of ether oxygens (including phenoxy) is 2. The minimum Gasteiger partial charge on any atom is -0.493 e. The molecular weight excluding hydrogens is 391 g/mol. The first kappa shape index (κ1) is 20.9. The standard InChI is InChI=1S/C19H20Cl2N2O4/c1-4-27-18-14(21)9-12(10-16(18)26-3)19(25)23(2)11-17(24)22-15-8-6-5-7-13(15)20/h5-10H,4,11H2,1-3H3,(H,22,24). The van der Waals surface area contributed by atoms with Gasteiger partial charge in [-0.25, -0.2) is 0 Å². The molecule has 0 atom stereocenters. The lowest BCUT2D eigenvalue weighted by Crippen LogP contribution is -2.35. The topological polar surface area (TPSA) is 67.9 Å². The second-order valence-corrected chi connectivity index (χ2v) is 6.43. The van der Waals surface area contributed by atoms with Crippen LogP contribution in [0.1, 0.15) is 17.3 Å². The largest absolute Gasteiger partial charge is 0.493 e. The number of carbonyl (C=O) groups excluding carboxylic acids is 2. The van der Waals surface area contributed by atoms with Gasteiger partial charge in [-0.3, -0.25) is 9.59 Å². The zero-order chi connectivity index (χ0) is 20.0. The van der Waals surface area contributed by atoms with Crippen molar-refractivity contribution in [3.8, 4) is 11.5 Å². The highest BCUT2D eigenvalue weighted by Gasteiger charge is 2.20. The third kappa shape index (κ3) is 5.28. The maximum Gasteiger partial charge on any atom is 0.254 e. The lowest BCUT2D eigenvalue weighted by atomic mass is 10.1. The molecule has 2 aromatic carbocycles. The van der Waals surface area contributed by atoms with Gasteiger partial charge in [0.15, 0.2) is 11.5 Å². The lowest BCUT2D eigenvalue weighted by molar-refractivity contribution is -0.116. The Kier molecular flexibility index (Phi) is 7.33. The molecule has 144 valence electrons. The SMILES string of the molecule is CCOc1c(Cl)cc(C(=O)N(C)CC(=O)Nc2ccccc2Cl)cc1OC. The minimum absolute atomic E-state index is 0.156. The van der Waals surface area contributed by atoms with E-state index < -0.39 is 0 Å². The number of methoxy groups -OCH3 is 1. The van der Waals surface area contributed by atoms with Crippen molar-refractivity contribution >= 4 is 40.7 Å². The molecule has 0 fully saturated rings. The Morgan fingerprint density at radius 1 is 1.15 bits per heavy atom. The van der Waals surface area contributed by atoms with Gasteiger partial charge in [-0.15, -0.1) is 0 Å². The predicted octanol–water partition coefficient (Wildman–Crippen LogP) is 4.11. The van der Waals surface area contributed by atoms with Crippen LogP contribution < -0.4 is 14.8 Å². The minimum atomic E-state index is -0.382. The Balaban J connectivity index is 2.11. The number of hydrogen-bond acceptors (Lipinski definition) is 4. The molecule has 0 aliphatic carbocycles. The van der Waals surface area contributed by atoms with Gasteiger partial charge >= 0.3 is 0 Å². The number of nitrogens with one attached hydrogen (secondary N) is 1. The molecule has 0 radical (unpaired) electrons. The van der Waals surface area contributed by atoms with Gasteiger partial charge in [0.05, 0.1) is 36.0 Å². The molecule has 6 nitrogen and oxygen atoms in total. The van der Waals surface area contributed by atoms with Crippen molar-refractivity contribution in [2.75, 3.05) is 32.6 Å². The fraction of sp³-hybridized carbons (Fsp3) is 0.263. The van der Waals surface area contributed by atoms with E-state index in [-0.39, 0.29) is 28.9 Å². The number of likely N-dealkylation sites (N-methyl/N-ethyl adjacent to an activating group) is 1. The molecule has 2 aromatic rings. The molecule has 0 saturated heterocycles. The average molecular weight is 411 g/mol. The van der Waals surface area contributed by atoms with E-state index in [1.165, 1.54) is 31.2 Å². The Bertz CT molecular complexity index is 842. The molecule has 1 N–H and O–H groups in total. The Morgan fingerprint density at radius 3 is 2.48 bits per heavy atom. The van der Waals surface area contributed by atoms with E-state index in [0.29, 0.717) is 28.8 Å². The van der Waals surface area contributed by atoms with Gasteiger partial charge in [-0.05, 0) is 31.2 Å². The van der Waals surface area contributed by atoms with E-state index >= 15 is 0 Å². The molecule has 2 rings (SSSR count). The fourth-order valence-electron chi connectivity index (χ4n) is 2.39. The van der Waals surface area contributed by atoms with Crippen LogP contribution in [0.3, 0.4) is 0 Å². The monoisotopic (exact) mass is 410 g/mol. The maximum atomic E-state index is 12.7. The molecule has 0 spiro atoms. The highest BCUT2D eigenvalue weighted by molar-refractivity contribution is 6.33. The van der Waals surface area contributed by atoms with Crippen molar-refractivity contribution in [2.45, 2.75) is 6.92 Å². The molecular formula is C19H20Cl2N2O4. The molecule has 8 heteroatoms. The van der Waals surface area contributed by atoms with Gasteiger partial charge in [0.25, 0.3) is 5.91 Å². The van der Waals surface area contributed by atoms with Crippen LogP contribution in [0.4, 0.5) is 5.69 Å². The zero-order valence-corrected chi connectivity index (χ0v) is 16.7. The van der Waals surface area contributed by atoms with E-state index in [1.807, 2.05) is 6.92 Å². The van der Waals surface area contributed by atoms with Crippen LogP contribution in [-0.4, -0.2) is 44.0 Å². The second-order valence-electron chi connectivity index (χ2n) is 5.61. The number of carbonyl (C=O) groups is 2. The van der Waals surface area contributed by atoms with E-state index in [4.69, 9.17) is 32.7 Å². The molecule has 0 aromatic heterocycles. The van der Waals surface area contributed by atoms with Crippen LogP contribution >= 0.6 is 23.2 Å². The number of nitrogens with zero attached hydrogens (tertiary/aromatic N) is 1. The van der Waals surface area contributed by atoms with E-state index in [2.05, 4.69) is 5.32 Å². The number of benzene rings is 2. The second kappa shape index (κ2) is 9.48. The molecule has 2 amide bonds. The van der Waals surface area contributed by atoms with Gasteiger partial charge < -0.3 is 19.7 Å². The summed E-state index contributed by atoms with van der Waals surface area (Å²) >= 11 is 12.2. The van der Waals surface area contributed by atoms with Gasteiger partial charge in [-0.2, -0.15) is 0 Å². The summed E-state index contributed by atoms with van der Waals surface area (Å²) in [4.78, 5) is 26.1. The number of anilines is 1. The van der Waals surface area contributed by atoms with Crippen LogP contribution in [-0.2, 0) is 4.79 Å². The summed E-state index contributed by atoms with van der Waals surface area (Å²) in [5, 5.41) is 3.35. The molecule has 0 aliphatic rings. The first-order valence-electron chi connectivity index (χ1n) is 8.17. The van der Waals surface area contributed by atoms with Crippen LogP contribution in [0.2, 0.25) is 10.0 Å². The third-order valence-corrected chi connectivity index (χ3v) is 4.25. The molecule has 0 heterocycles. The van der Waals surface area contributed by atoms with Crippen molar-refractivity contribution < 1.29 is 19.1 Å². The molecule has 0 saturated carbocycles. The number of para-hydroxylation sites is 1. The van der Waals surface area contributed by atoms with Crippen LogP contribution in [0.15, 0.2) is 36.4 Å².